The zero-order valence-corrected chi connectivity index (χ0v) is 14.9. The average molecular weight is 345 g/mol. The van der Waals surface area contributed by atoms with Crippen LogP contribution >= 0.6 is 27.3 Å². The monoisotopic (exact) mass is 344 g/mol. The van der Waals surface area contributed by atoms with Gasteiger partial charge in [0, 0.05) is 21.7 Å². The molecule has 1 saturated carbocycles. The molecule has 1 heterocycles. The zero-order chi connectivity index (χ0) is 14.0. The van der Waals surface area contributed by atoms with E-state index in [1.54, 1.807) is 11.3 Å². The van der Waals surface area contributed by atoms with Gasteiger partial charge in [-0.2, -0.15) is 0 Å². The Morgan fingerprint density at radius 2 is 2.05 bits per heavy atom. The molecule has 0 spiro atoms. The van der Waals surface area contributed by atoms with Crippen LogP contribution in [0.15, 0.2) is 5.38 Å². The predicted octanol–water partition coefficient (Wildman–Crippen LogP) is 4.58. The van der Waals surface area contributed by atoms with Crippen LogP contribution in [0.1, 0.15) is 57.2 Å². The Labute approximate surface area is 129 Å². The second kappa shape index (κ2) is 6.23. The Kier molecular flexibility index (Phi) is 5.07. The van der Waals surface area contributed by atoms with Crippen molar-refractivity contribution in [2.24, 2.45) is 0 Å². The molecule has 19 heavy (non-hydrogen) atoms. The van der Waals surface area contributed by atoms with Gasteiger partial charge in [-0.05, 0) is 19.9 Å². The number of halogens is 1. The quantitative estimate of drug-likeness (QED) is 0.746. The Hall–Kier alpha value is 0.0700. The Morgan fingerprint density at radius 1 is 1.37 bits per heavy atom. The highest BCUT2D eigenvalue weighted by molar-refractivity contribution is 9.09. The molecule has 1 aromatic rings. The van der Waals surface area contributed by atoms with Gasteiger partial charge in [0.1, 0.15) is 5.01 Å². The molecular formula is C15H25BrN2S. The van der Waals surface area contributed by atoms with Gasteiger partial charge < -0.3 is 0 Å². The summed E-state index contributed by atoms with van der Waals surface area (Å²) in [5.74, 6) is 0. The SMILES string of the molecule is CN(Cc1nc(C(C)(C)C)cs1)C1CCCCC1Br. The number of hydrogen-bond donors (Lipinski definition) is 0. The van der Waals surface area contributed by atoms with Gasteiger partial charge in [0.05, 0.1) is 12.2 Å². The van der Waals surface area contributed by atoms with Crippen LogP contribution in [0.5, 0.6) is 0 Å². The molecule has 4 heteroatoms. The highest BCUT2D eigenvalue weighted by atomic mass is 79.9. The normalized spacial score (nSPS) is 24.9. The Balaban J connectivity index is 1.98. The lowest BCUT2D eigenvalue weighted by molar-refractivity contribution is 0.192. The molecule has 0 saturated heterocycles. The first-order valence-electron chi connectivity index (χ1n) is 7.17. The van der Waals surface area contributed by atoms with Gasteiger partial charge in [-0.3, -0.25) is 4.90 Å². The van der Waals surface area contributed by atoms with E-state index in [0.29, 0.717) is 10.9 Å². The first-order chi connectivity index (χ1) is 8.88. The van der Waals surface area contributed by atoms with E-state index in [2.05, 4.69) is 54.0 Å². The summed E-state index contributed by atoms with van der Waals surface area (Å²) in [6, 6.07) is 0.663. The average Bonchev–Trinajstić information content (AvgIpc) is 2.77. The van der Waals surface area contributed by atoms with E-state index in [9.17, 15) is 0 Å². The molecule has 2 nitrogen and oxygen atoms in total. The van der Waals surface area contributed by atoms with Gasteiger partial charge in [-0.25, -0.2) is 4.98 Å². The van der Waals surface area contributed by atoms with E-state index >= 15 is 0 Å². The minimum absolute atomic E-state index is 0.163. The molecule has 0 bridgehead atoms. The van der Waals surface area contributed by atoms with Crippen LogP contribution in [0.25, 0.3) is 0 Å². The van der Waals surface area contributed by atoms with Crippen molar-refractivity contribution in [2.45, 2.75) is 69.3 Å². The smallest absolute Gasteiger partial charge is 0.107 e. The van der Waals surface area contributed by atoms with E-state index in [0.717, 1.165) is 6.54 Å². The van der Waals surface area contributed by atoms with E-state index in [-0.39, 0.29) is 5.41 Å². The summed E-state index contributed by atoms with van der Waals surface area (Å²) < 4.78 is 0. The van der Waals surface area contributed by atoms with Crippen LogP contribution in [0.2, 0.25) is 0 Å². The van der Waals surface area contributed by atoms with Crippen LogP contribution in [-0.2, 0) is 12.0 Å². The van der Waals surface area contributed by atoms with Crippen molar-refractivity contribution in [1.29, 1.82) is 0 Å². The maximum absolute atomic E-state index is 4.80. The second-order valence-electron chi connectivity index (χ2n) is 6.66. The summed E-state index contributed by atoms with van der Waals surface area (Å²) in [5, 5.41) is 3.47. The Morgan fingerprint density at radius 3 is 2.63 bits per heavy atom. The number of nitrogens with zero attached hydrogens (tertiary/aromatic N) is 2. The van der Waals surface area contributed by atoms with Crippen molar-refractivity contribution in [1.82, 2.24) is 9.88 Å². The van der Waals surface area contributed by atoms with E-state index < -0.39 is 0 Å². The van der Waals surface area contributed by atoms with Crippen LogP contribution in [-0.4, -0.2) is 27.8 Å². The molecule has 1 aliphatic carbocycles. The number of thiazole rings is 1. The van der Waals surface area contributed by atoms with Crippen LogP contribution in [0.3, 0.4) is 0 Å². The van der Waals surface area contributed by atoms with Crippen molar-refractivity contribution >= 4 is 27.3 Å². The maximum Gasteiger partial charge on any atom is 0.107 e. The highest BCUT2D eigenvalue weighted by Crippen LogP contribution is 2.30. The van der Waals surface area contributed by atoms with E-state index in [4.69, 9.17) is 4.98 Å². The molecule has 0 radical (unpaired) electrons. The van der Waals surface area contributed by atoms with Gasteiger partial charge >= 0.3 is 0 Å². The van der Waals surface area contributed by atoms with Crippen molar-refractivity contribution in [3.63, 3.8) is 0 Å². The van der Waals surface area contributed by atoms with Gasteiger partial charge in [0.25, 0.3) is 0 Å². The van der Waals surface area contributed by atoms with Crippen molar-refractivity contribution in [3.8, 4) is 0 Å². The molecule has 2 rings (SSSR count). The number of rotatable bonds is 3. The fraction of sp³-hybridized carbons (Fsp3) is 0.800. The molecular weight excluding hydrogens is 320 g/mol. The fourth-order valence-corrected chi connectivity index (χ4v) is 4.70. The molecule has 0 aliphatic heterocycles. The fourth-order valence-electron chi connectivity index (χ4n) is 2.62. The lowest BCUT2D eigenvalue weighted by Gasteiger charge is -2.34. The molecule has 1 aliphatic rings. The minimum atomic E-state index is 0.163. The summed E-state index contributed by atoms with van der Waals surface area (Å²) in [6.07, 6.45) is 5.35. The zero-order valence-electron chi connectivity index (χ0n) is 12.4. The van der Waals surface area contributed by atoms with Crippen LogP contribution in [0, 0.1) is 0 Å². The molecule has 1 aromatic heterocycles. The summed E-state index contributed by atoms with van der Waals surface area (Å²) in [5.41, 5.74) is 1.38. The second-order valence-corrected chi connectivity index (χ2v) is 8.78. The molecule has 1 fully saturated rings. The summed E-state index contributed by atoms with van der Waals surface area (Å²) in [4.78, 5) is 7.93. The lowest BCUT2D eigenvalue weighted by atomic mass is 9.93. The van der Waals surface area contributed by atoms with E-state index in [1.807, 2.05) is 0 Å². The van der Waals surface area contributed by atoms with Crippen molar-refractivity contribution in [3.05, 3.63) is 16.1 Å². The van der Waals surface area contributed by atoms with Gasteiger partial charge in [0.15, 0.2) is 0 Å². The van der Waals surface area contributed by atoms with Crippen LogP contribution < -0.4 is 0 Å². The standard InChI is InChI=1S/C15H25BrN2S/c1-15(2,3)13-10-19-14(17-13)9-18(4)12-8-6-5-7-11(12)16/h10-12H,5-9H2,1-4H3. The van der Waals surface area contributed by atoms with Gasteiger partial charge in [0.2, 0.25) is 0 Å². The topological polar surface area (TPSA) is 16.1 Å². The first-order valence-corrected chi connectivity index (χ1v) is 8.96. The summed E-state index contributed by atoms with van der Waals surface area (Å²) >= 11 is 5.65. The maximum atomic E-state index is 4.80. The van der Waals surface area contributed by atoms with Crippen molar-refractivity contribution in [2.75, 3.05) is 7.05 Å². The van der Waals surface area contributed by atoms with Crippen molar-refractivity contribution < 1.29 is 0 Å². The van der Waals surface area contributed by atoms with Crippen LogP contribution in [0.4, 0.5) is 0 Å². The predicted molar refractivity (Wildman–Crippen MR) is 87.3 cm³/mol. The van der Waals surface area contributed by atoms with E-state index in [1.165, 1.54) is 36.4 Å². The molecule has 0 N–H and O–H groups in total. The summed E-state index contributed by atoms with van der Waals surface area (Å²) in [6.45, 7) is 7.66. The number of alkyl halides is 1. The van der Waals surface area contributed by atoms with Gasteiger partial charge in [-0.15, -0.1) is 11.3 Å². The van der Waals surface area contributed by atoms with Gasteiger partial charge in [-0.1, -0.05) is 49.5 Å². The first kappa shape index (κ1) is 15.5. The molecule has 2 unspecified atom stereocenters. The summed E-state index contributed by atoms with van der Waals surface area (Å²) in [7, 11) is 2.24. The third-order valence-corrected chi connectivity index (χ3v) is 5.82. The lowest BCUT2D eigenvalue weighted by Crippen LogP contribution is -2.40. The Bertz CT molecular complexity index is 411. The number of aromatic nitrogens is 1. The largest absolute Gasteiger partial charge is 0.296 e. The third-order valence-electron chi connectivity index (χ3n) is 3.92. The molecule has 0 amide bonds. The molecule has 2 atom stereocenters. The third kappa shape index (κ3) is 4.02. The molecule has 108 valence electrons. The molecule has 0 aromatic carbocycles. The highest BCUT2D eigenvalue weighted by Gasteiger charge is 2.27. The minimum Gasteiger partial charge on any atom is -0.296 e. The number of hydrogen-bond acceptors (Lipinski definition) is 3.